The summed E-state index contributed by atoms with van der Waals surface area (Å²) in [6, 6.07) is 10.8. The van der Waals surface area contributed by atoms with Crippen molar-refractivity contribution in [3.05, 3.63) is 61.1 Å². The zero-order valence-corrected chi connectivity index (χ0v) is 16.2. The van der Waals surface area contributed by atoms with Gasteiger partial charge in [0.05, 0.1) is 10.9 Å². The molecule has 3 heterocycles. The SMILES string of the molecule is Cc1cccc(NC(=O)c2sc(=S)n3c2[nH]c(=O)c2cc4c(cc23)OCO4)c1. The van der Waals surface area contributed by atoms with Gasteiger partial charge < -0.3 is 19.8 Å². The molecule has 1 aliphatic rings. The van der Waals surface area contributed by atoms with Gasteiger partial charge in [-0.2, -0.15) is 0 Å². The summed E-state index contributed by atoms with van der Waals surface area (Å²) in [6.45, 7) is 2.05. The standard InChI is InChI=1S/C19H13N3O4S2/c1-9-3-2-4-10(5-9)20-18(24)15-16-21-17(23)11-6-13-14(26-8-25-13)7-12(11)22(16)19(27)28-15/h2-7H,8H2,1H3,(H,20,24)(H,21,23). The molecule has 0 aliphatic carbocycles. The number of H-pyrrole nitrogens is 1. The van der Waals surface area contributed by atoms with Gasteiger partial charge in [-0.1, -0.05) is 23.5 Å². The Bertz CT molecular complexity index is 1400. The maximum atomic E-state index is 12.9. The number of anilines is 1. The normalized spacial score (nSPS) is 12.6. The van der Waals surface area contributed by atoms with E-state index in [0.717, 1.165) is 16.9 Å². The summed E-state index contributed by atoms with van der Waals surface area (Å²) in [5.41, 5.74) is 2.30. The lowest BCUT2D eigenvalue weighted by Gasteiger charge is -2.06. The van der Waals surface area contributed by atoms with Gasteiger partial charge in [-0.15, -0.1) is 0 Å². The molecule has 0 fully saturated rings. The Morgan fingerprint density at radius 3 is 2.82 bits per heavy atom. The first-order valence-electron chi connectivity index (χ1n) is 8.40. The molecule has 28 heavy (non-hydrogen) atoms. The van der Waals surface area contributed by atoms with Crippen LogP contribution in [-0.2, 0) is 0 Å². The summed E-state index contributed by atoms with van der Waals surface area (Å²) in [6.07, 6.45) is 0. The van der Waals surface area contributed by atoms with Crippen molar-refractivity contribution in [2.75, 3.05) is 12.1 Å². The monoisotopic (exact) mass is 411 g/mol. The molecule has 140 valence electrons. The van der Waals surface area contributed by atoms with E-state index in [1.165, 1.54) is 0 Å². The summed E-state index contributed by atoms with van der Waals surface area (Å²) in [5, 5.41) is 3.27. The van der Waals surface area contributed by atoms with E-state index >= 15 is 0 Å². The van der Waals surface area contributed by atoms with Crippen LogP contribution in [0.1, 0.15) is 15.2 Å². The molecule has 0 bridgehead atoms. The van der Waals surface area contributed by atoms with E-state index in [1.807, 2.05) is 25.1 Å². The number of aromatic nitrogens is 2. The summed E-state index contributed by atoms with van der Waals surface area (Å²) in [7, 11) is 0. The number of aromatic amines is 1. The second-order valence-electron chi connectivity index (χ2n) is 6.38. The molecule has 0 spiro atoms. The number of nitrogens with zero attached hydrogens (tertiary/aromatic N) is 1. The number of rotatable bonds is 2. The molecule has 4 aromatic rings. The van der Waals surface area contributed by atoms with E-state index in [9.17, 15) is 9.59 Å². The number of amides is 1. The predicted molar refractivity (Wildman–Crippen MR) is 109 cm³/mol. The molecular weight excluding hydrogens is 398 g/mol. The second-order valence-corrected chi connectivity index (χ2v) is 8.03. The molecule has 9 heteroatoms. The fraction of sp³-hybridized carbons (Fsp3) is 0.105. The Morgan fingerprint density at radius 2 is 2.04 bits per heavy atom. The number of hydrogen-bond donors (Lipinski definition) is 2. The first-order chi connectivity index (χ1) is 13.5. The average molecular weight is 411 g/mol. The topological polar surface area (TPSA) is 84.8 Å². The smallest absolute Gasteiger partial charge is 0.269 e. The van der Waals surface area contributed by atoms with Crippen LogP contribution in [-0.4, -0.2) is 22.1 Å². The van der Waals surface area contributed by atoms with E-state index in [2.05, 4.69) is 10.3 Å². The summed E-state index contributed by atoms with van der Waals surface area (Å²) >= 11 is 6.62. The molecule has 0 saturated heterocycles. The van der Waals surface area contributed by atoms with Gasteiger partial charge in [0.1, 0.15) is 10.5 Å². The minimum Gasteiger partial charge on any atom is -0.454 e. The fourth-order valence-electron chi connectivity index (χ4n) is 3.24. The van der Waals surface area contributed by atoms with Crippen molar-refractivity contribution in [1.82, 2.24) is 9.38 Å². The molecule has 0 atom stereocenters. The minimum atomic E-state index is -0.333. The van der Waals surface area contributed by atoms with Gasteiger partial charge in [0.15, 0.2) is 15.5 Å². The van der Waals surface area contributed by atoms with Crippen LogP contribution in [0.5, 0.6) is 11.5 Å². The molecule has 0 unspecified atom stereocenters. The summed E-state index contributed by atoms with van der Waals surface area (Å²) < 4.78 is 12.9. The van der Waals surface area contributed by atoms with Crippen LogP contribution in [0.25, 0.3) is 16.6 Å². The van der Waals surface area contributed by atoms with E-state index in [1.54, 1.807) is 22.6 Å². The van der Waals surface area contributed by atoms with Crippen LogP contribution in [0.2, 0.25) is 0 Å². The number of ether oxygens (including phenoxy) is 2. The average Bonchev–Trinajstić information content (AvgIpc) is 3.24. The molecule has 7 nitrogen and oxygen atoms in total. The Kier molecular flexibility index (Phi) is 3.74. The van der Waals surface area contributed by atoms with Gasteiger partial charge in [-0.25, -0.2) is 0 Å². The largest absolute Gasteiger partial charge is 0.454 e. The zero-order chi connectivity index (χ0) is 19.4. The Balaban J connectivity index is 1.70. The highest BCUT2D eigenvalue weighted by molar-refractivity contribution is 7.73. The second kappa shape index (κ2) is 6.18. The van der Waals surface area contributed by atoms with Crippen LogP contribution in [0.3, 0.4) is 0 Å². The first kappa shape index (κ1) is 17.0. The zero-order valence-electron chi connectivity index (χ0n) is 14.6. The number of carbonyl (C=O) groups is 1. The van der Waals surface area contributed by atoms with Crippen LogP contribution in [0.4, 0.5) is 5.69 Å². The van der Waals surface area contributed by atoms with Gasteiger partial charge in [0.25, 0.3) is 11.5 Å². The first-order valence-corrected chi connectivity index (χ1v) is 9.63. The fourth-order valence-corrected chi connectivity index (χ4v) is 4.52. The maximum absolute atomic E-state index is 12.9. The van der Waals surface area contributed by atoms with Crippen molar-refractivity contribution in [2.45, 2.75) is 6.92 Å². The van der Waals surface area contributed by atoms with Crippen molar-refractivity contribution in [3.63, 3.8) is 0 Å². The highest BCUT2D eigenvalue weighted by Gasteiger charge is 2.21. The Morgan fingerprint density at radius 1 is 1.25 bits per heavy atom. The number of benzene rings is 2. The van der Waals surface area contributed by atoms with Gasteiger partial charge in [0, 0.05) is 11.8 Å². The summed E-state index contributed by atoms with van der Waals surface area (Å²) in [5.74, 6) is 0.717. The van der Waals surface area contributed by atoms with Gasteiger partial charge in [0.2, 0.25) is 6.79 Å². The quantitative estimate of drug-likeness (QED) is 0.489. The summed E-state index contributed by atoms with van der Waals surface area (Å²) in [4.78, 5) is 28.6. The minimum absolute atomic E-state index is 0.103. The van der Waals surface area contributed by atoms with Crippen LogP contribution >= 0.6 is 23.6 Å². The molecule has 2 N–H and O–H groups in total. The molecule has 1 amide bonds. The molecule has 0 radical (unpaired) electrons. The number of thiazole rings is 1. The van der Waals surface area contributed by atoms with E-state index in [-0.39, 0.29) is 18.3 Å². The van der Waals surface area contributed by atoms with E-state index < -0.39 is 0 Å². The predicted octanol–water partition coefficient (Wildman–Crippen LogP) is 3.86. The van der Waals surface area contributed by atoms with Gasteiger partial charge >= 0.3 is 0 Å². The van der Waals surface area contributed by atoms with Crippen molar-refractivity contribution in [2.24, 2.45) is 0 Å². The molecule has 0 saturated carbocycles. The number of nitrogens with one attached hydrogen (secondary N) is 2. The van der Waals surface area contributed by atoms with Crippen LogP contribution in [0.15, 0.2) is 41.2 Å². The van der Waals surface area contributed by atoms with Crippen molar-refractivity contribution in [1.29, 1.82) is 0 Å². The van der Waals surface area contributed by atoms with Crippen molar-refractivity contribution in [3.8, 4) is 11.5 Å². The van der Waals surface area contributed by atoms with Crippen LogP contribution in [0, 0.1) is 10.9 Å². The molecule has 2 aromatic heterocycles. The maximum Gasteiger partial charge on any atom is 0.269 e. The lowest BCUT2D eigenvalue weighted by Crippen LogP contribution is -2.15. The van der Waals surface area contributed by atoms with Gasteiger partial charge in [-0.3, -0.25) is 14.0 Å². The number of aryl methyl sites for hydroxylation is 1. The highest BCUT2D eigenvalue weighted by atomic mass is 32.1. The number of carbonyl (C=O) groups excluding carboxylic acids is 1. The third-order valence-electron chi connectivity index (χ3n) is 4.50. The van der Waals surface area contributed by atoms with Gasteiger partial charge in [-0.05, 0) is 42.9 Å². The molecule has 5 rings (SSSR count). The molecule has 2 aromatic carbocycles. The van der Waals surface area contributed by atoms with E-state index in [0.29, 0.717) is 42.6 Å². The molecular formula is C19H13N3O4S2. The lowest BCUT2D eigenvalue weighted by atomic mass is 10.2. The third-order valence-corrected chi connectivity index (χ3v) is 5.87. The Hall–Kier alpha value is -3.17. The van der Waals surface area contributed by atoms with Crippen molar-refractivity contribution < 1.29 is 14.3 Å². The Labute approximate surface area is 167 Å². The molecule has 1 aliphatic heterocycles. The van der Waals surface area contributed by atoms with Crippen molar-refractivity contribution >= 4 is 51.7 Å². The highest BCUT2D eigenvalue weighted by Crippen LogP contribution is 2.36. The number of fused-ring (bicyclic) bond motifs is 4. The number of hydrogen-bond acceptors (Lipinski definition) is 6. The van der Waals surface area contributed by atoms with E-state index in [4.69, 9.17) is 21.7 Å². The van der Waals surface area contributed by atoms with Crippen LogP contribution < -0.4 is 20.3 Å². The lowest BCUT2D eigenvalue weighted by molar-refractivity contribution is 0.103. The third kappa shape index (κ3) is 2.59.